The summed E-state index contributed by atoms with van der Waals surface area (Å²) < 4.78 is 10.6. The third-order valence-corrected chi connectivity index (χ3v) is 4.69. The number of ether oxygens (including phenoxy) is 2. The number of methoxy groups -OCH3 is 1. The third kappa shape index (κ3) is 3.55. The zero-order chi connectivity index (χ0) is 15.4. The second kappa shape index (κ2) is 7.04. The van der Waals surface area contributed by atoms with E-state index in [0.717, 1.165) is 35.7 Å². The third-order valence-electron chi connectivity index (χ3n) is 3.51. The maximum Gasteiger partial charge on any atom is 0.261 e. The molecule has 1 amide bonds. The van der Waals surface area contributed by atoms with Gasteiger partial charge in [-0.15, -0.1) is 11.3 Å². The van der Waals surface area contributed by atoms with Crippen LogP contribution in [0.2, 0.25) is 0 Å². The number of thiophene rings is 1. The average Bonchev–Trinajstić information content (AvgIpc) is 3.25. The fourth-order valence-electron chi connectivity index (χ4n) is 2.43. The minimum Gasteiger partial charge on any atom is -0.378 e. The van der Waals surface area contributed by atoms with Gasteiger partial charge in [0.1, 0.15) is 0 Å². The number of amides is 1. The van der Waals surface area contributed by atoms with Crippen LogP contribution in [0.3, 0.4) is 0 Å². The molecule has 6 nitrogen and oxygen atoms in total. The van der Waals surface area contributed by atoms with Crippen molar-refractivity contribution in [2.24, 2.45) is 0 Å². The Bertz CT molecular complexity index is 632. The molecule has 2 aromatic heterocycles. The molecule has 3 heterocycles. The Morgan fingerprint density at radius 1 is 1.59 bits per heavy atom. The van der Waals surface area contributed by atoms with Crippen LogP contribution in [-0.4, -0.2) is 29.8 Å². The van der Waals surface area contributed by atoms with Gasteiger partial charge in [-0.05, 0) is 31.0 Å². The van der Waals surface area contributed by atoms with E-state index in [0.29, 0.717) is 18.0 Å². The summed E-state index contributed by atoms with van der Waals surface area (Å²) in [6.07, 6.45) is 2.29. The molecule has 1 saturated heterocycles. The van der Waals surface area contributed by atoms with E-state index in [4.69, 9.17) is 9.47 Å². The Balaban J connectivity index is 1.54. The molecule has 3 rings (SSSR count). The van der Waals surface area contributed by atoms with Gasteiger partial charge in [0.2, 0.25) is 0 Å². The number of H-pyrrole nitrogens is 1. The minimum absolute atomic E-state index is 0.0721. The van der Waals surface area contributed by atoms with Crippen molar-refractivity contribution in [3.63, 3.8) is 0 Å². The molecule has 7 heteroatoms. The van der Waals surface area contributed by atoms with Gasteiger partial charge in [-0.1, -0.05) is 0 Å². The number of nitrogens with zero attached hydrogens (tertiary/aromatic N) is 1. The van der Waals surface area contributed by atoms with Gasteiger partial charge in [-0.3, -0.25) is 9.89 Å². The summed E-state index contributed by atoms with van der Waals surface area (Å²) in [5.41, 5.74) is 1.68. The van der Waals surface area contributed by atoms with Gasteiger partial charge in [0.15, 0.2) is 0 Å². The van der Waals surface area contributed by atoms with E-state index in [9.17, 15) is 4.79 Å². The van der Waals surface area contributed by atoms with E-state index >= 15 is 0 Å². The predicted octanol–water partition coefficient (Wildman–Crippen LogP) is 2.40. The maximum atomic E-state index is 12.2. The van der Waals surface area contributed by atoms with Crippen LogP contribution in [0, 0.1) is 0 Å². The first kappa shape index (κ1) is 15.2. The SMILES string of the molecule is COCc1cc(CNC(=O)c2ccc([C@@H]3CCCO3)s2)[nH]n1. The van der Waals surface area contributed by atoms with Crippen molar-refractivity contribution < 1.29 is 14.3 Å². The molecule has 22 heavy (non-hydrogen) atoms. The Hall–Kier alpha value is -1.70. The first-order valence-electron chi connectivity index (χ1n) is 7.28. The molecule has 118 valence electrons. The van der Waals surface area contributed by atoms with Gasteiger partial charge in [-0.25, -0.2) is 0 Å². The summed E-state index contributed by atoms with van der Waals surface area (Å²) in [5, 5.41) is 9.88. The number of hydrogen-bond donors (Lipinski definition) is 2. The summed E-state index contributed by atoms with van der Waals surface area (Å²) in [6.45, 7) is 1.69. The topological polar surface area (TPSA) is 76.2 Å². The molecule has 0 saturated carbocycles. The minimum atomic E-state index is -0.0721. The van der Waals surface area contributed by atoms with Crippen LogP contribution in [0.25, 0.3) is 0 Å². The Morgan fingerprint density at radius 2 is 2.50 bits per heavy atom. The number of rotatable bonds is 6. The number of aromatic amines is 1. The summed E-state index contributed by atoms with van der Waals surface area (Å²) in [6, 6.07) is 5.73. The number of hydrogen-bond acceptors (Lipinski definition) is 5. The molecule has 0 aromatic carbocycles. The molecule has 0 radical (unpaired) electrons. The Morgan fingerprint density at radius 3 is 3.27 bits per heavy atom. The number of carbonyl (C=O) groups excluding carboxylic acids is 1. The number of aromatic nitrogens is 2. The molecule has 0 unspecified atom stereocenters. The number of carbonyl (C=O) groups is 1. The molecule has 2 aromatic rings. The monoisotopic (exact) mass is 321 g/mol. The van der Waals surface area contributed by atoms with Crippen LogP contribution in [-0.2, 0) is 22.6 Å². The van der Waals surface area contributed by atoms with E-state index in [2.05, 4.69) is 15.5 Å². The lowest BCUT2D eigenvalue weighted by atomic mass is 10.2. The van der Waals surface area contributed by atoms with E-state index in [1.54, 1.807) is 7.11 Å². The standard InChI is InChI=1S/C15H19N3O3S/c1-20-9-11-7-10(17-18-11)8-16-15(19)14-5-4-13(22-14)12-3-2-6-21-12/h4-5,7,12H,2-3,6,8-9H2,1H3,(H,16,19)(H,17,18)/t12-/m0/s1. The van der Waals surface area contributed by atoms with Crippen molar-refractivity contribution in [1.82, 2.24) is 15.5 Å². The fraction of sp³-hybridized carbons (Fsp3) is 0.467. The molecule has 2 N–H and O–H groups in total. The van der Waals surface area contributed by atoms with Crippen molar-refractivity contribution in [2.75, 3.05) is 13.7 Å². The Kier molecular flexibility index (Phi) is 4.87. The molecule has 1 aliphatic rings. The van der Waals surface area contributed by atoms with Crippen LogP contribution < -0.4 is 5.32 Å². The van der Waals surface area contributed by atoms with Crippen LogP contribution in [0.5, 0.6) is 0 Å². The Labute approximate surface area is 132 Å². The van der Waals surface area contributed by atoms with Gasteiger partial charge < -0.3 is 14.8 Å². The lowest BCUT2D eigenvalue weighted by Crippen LogP contribution is -2.21. The normalized spacial score (nSPS) is 17.8. The van der Waals surface area contributed by atoms with Gasteiger partial charge in [0.05, 0.1) is 35.5 Å². The molecular weight excluding hydrogens is 302 g/mol. The highest BCUT2D eigenvalue weighted by Crippen LogP contribution is 2.33. The first-order chi connectivity index (χ1) is 10.8. The quantitative estimate of drug-likeness (QED) is 0.856. The van der Waals surface area contributed by atoms with E-state index in [1.165, 1.54) is 11.3 Å². The molecule has 0 aliphatic carbocycles. The highest BCUT2D eigenvalue weighted by Gasteiger charge is 2.20. The molecule has 1 atom stereocenters. The molecule has 0 bridgehead atoms. The highest BCUT2D eigenvalue weighted by atomic mass is 32.1. The number of nitrogens with one attached hydrogen (secondary N) is 2. The molecular formula is C15H19N3O3S. The zero-order valence-corrected chi connectivity index (χ0v) is 13.2. The van der Waals surface area contributed by atoms with Gasteiger partial charge in [0, 0.05) is 18.6 Å². The van der Waals surface area contributed by atoms with Crippen molar-refractivity contribution in [3.05, 3.63) is 39.3 Å². The van der Waals surface area contributed by atoms with E-state index in [1.807, 2.05) is 18.2 Å². The second-order valence-electron chi connectivity index (χ2n) is 5.20. The first-order valence-corrected chi connectivity index (χ1v) is 8.09. The van der Waals surface area contributed by atoms with Crippen LogP contribution >= 0.6 is 11.3 Å². The molecule has 0 spiro atoms. The van der Waals surface area contributed by atoms with E-state index in [-0.39, 0.29) is 12.0 Å². The lowest BCUT2D eigenvalue weighted by molar-refractivity contribution is 0.0954. The highest BCUT2D eigenvalue weighted by molar-refractivity contribution is 7.14. The van der Waals surface area contributed by atoms with Crippen molar-refractivity contribution in [1.29, 1.82) is 0 Å². The average molecular weight is 321 g/mol. The lowest BCUT2D eigenvalue weighted by Gasteiger charge is -2.05. The van der Waals surface area contributed by atoms with Crippen molar-refractivity contribution in [2.45, 2.75) is 32.1 Å². The van der Waals surface area contributed by atoms with Crippen LogP contribution in [0.1, 0.15) is 44.9 Å². The molecule has 1 aliphatic heterocycles. The van der Waals surface area contributed by atoms with Gasteiger partial charge in [0.25, 0.3) is 5.91 Å². The predicted molar refractivity (Wildman–Crippen MR) is 82.7 cm³/mol. The summed E-state index contributed by atoms with van der Waals surface area (Å²) in [7, 11) is 1.62. The van der Waals surface area contributed by atoms with Crippen molar-refractivity contribution >= 4 is 17.2 Å². The largest absolute Gasteiger partial charge is 0.378 e. The van der Waals surface area contributed by atoms with Crippen LogP contribution in [0.15, 0.2) is 18.2 Å². The zero-order valence-electron chi connectivity index (χ0n) is 12.4. The second-order valence-corrected chi connectivity index (χ2v) is 6.32. The van der Waals surface area contributed by atoms with E-state index < -0.39 is 0 Å². The van der Waals surface area contributed by atoms with Crippen LogP contribution in [0.4, 0.5) is 0 Å². The van der Waals surface area contributed by atoms with Gasteiger partial charge >= 0.3 is 0 Å². The summed E-state index contributed by atoms with van der Waals surface area (Å²) >= 11 is 1.50. The molecule has 1 fully saturated rings. The van der Waals surface area contributed by atoms with Gasteiger partial charge in [-0.2, -0.15) is 5.10 Å². The van der Waals surface area contributed by atoms with Crippen molar-refractivity contribution in [3.8, 4) is 0 Å². The summed E-state index contributed by atoms with van der Waals surface area (Å²) in [4.78, 5) is 14.0. The fourth-order valence-corrected chi connectivity index (χ4v) is 3.44. The summed E-state index contributed by atoms with van der Waals surface area (Å²) in [5.74, 6) is -0.0721. The maximum absolute atomic E-state index is 12.2. The smallest absolute Gasteiger partial charge is 0.261 e.